The van der Waals surface area contributed by atoms with Gasteiger partial charge in [0.2, 0.25) is 0 Å². The van der Waals surface area contributed by atoms with Crippen LogP contribution in [0.1, 0.15) is 32.6 Å². The first-order valence-electron chi connectivity index (χ1n) is 7.61. The molecule has 19 heavy (non-hydrogen) atoms. The molecule has 0 aromatic heterocycles. The molecule has 0 amide bonds. The third-order valence-electron chi connectivity index (χ3n) is 6.33. The molecule has 8 unspecified atom stereocenters. The molecule has 0 spiro atoms. The Morgan fingerprint density at radius 2 is 1.74 bits per heavy atom. The van der Waals surface area contributed by atoms with E-state index in [0.29, 0.717) is 29.2 Å². The van der Waals surface area contributed by atoms with E-state index in [2.05, 4.69) is 6.58 Å². The highest BCUT2D eigenvalue weighted by atomic mass is 16.5. The third kappa shape index (κ3) is 1.51. The van der Waals surface area contributed by atoms with Gasteiger partial charge in [-0.1, -0.05) is 6.58 Å². The summed E-state index contributed by atoms with van der Waals surface area (Å²) in [6, 6.07) is 0. The van der Waals surface area contributed by atoms with Crippen LogP contribution in [0.4, 0.5) is 0 Å². The van der Waals surface area contributed by atoms with Gasteiger partial charge in [0.25, 0.3) is 0 Å². The number of esters is 1. The number of hydrogen-bond donors (Lipinski definition) is 1. The Labute approximate surface area is 114 Å². The molecule has 104 valence electrons. The fourth-order valence-electron chi connectivity index (χ4n) is 5.88. The van der Waals surface area contributed by atoms with Gasteiger partial charge in [0, 0.05) is 5.57 Å². The first kappa shape index (κ1) is 12.0. The minimum atomic E-state index is -0.225. The zero-order valence-corrected chi connectivity index (χ0v) is 11.4. The van der Waals surface area contributed by atoms with Crippen LogP contribution in [-0.4, -0.2) is 23.3 Å². The quantitative estimate of drug-likeness (QED) is 0.471. The number of carbonyl (C=O) groups is 1. The van der Waals surface area contributed by atoms with Gasteiger partial charge < -0.3 is 9.84 Å². The Morgan fingerprint density at radius 3 is 2.47 bits per heavy atom. The Kier molecular flexibility index (Phi) is 2.42. The van der Waals surface area contributed by atoms with Gasteiger partial charge >= 0.3 is 5.97 Å². The van der Waals surface area contributed by atoms with Crippen molar-refractivity contribution in [2.75, 3.05) is 0 Å². The lowest BCUT2D eigenvalue weighted by atomic mass is 9.69. The highest BCUT2D eigenvalue weighted by molar-refractivity contribution is 5.87. The van der Waals surface area contributed by atoms with Crippen LogP contribution in [0.3, 0.4) is 0 Å². The molecular formula is C16H22O3. The normalized spacial score (nSPS) is 53.4. The average Bonchev–Trinajstić information content (AvgIpc) is 3.04. The van der Waals surface area contributed by atoms with E-state index < -0.39 is 0 Å². The van der Waals surface area contributed by atoms with Crippen LogP contribution in [0.25, 0.3) is 0 Å². The second-order valence-electron chi connectivity index (χ2n) is 7.24. The van der Waals surface area contributed by atoms with E-state index in [1.165, 1.54) is 12.8 Å². The van der Waals surface area contributed by atoms with Gasteiger partial charge in [-0.25, -0.2) is 4.79 Å². The molecule has 8 atom stereocenters. The number of fused-ring (bicyclic) bond motifs is 9. The van der Waals surface area contributed by atoms with Crippen molar-refractivity contribution in [1.29, 1.82) is 0 Å². The number of aliphatic hydroxyl groups excluding tert-OH is 1. The van der Waals surface area contributed by atoms with Gasteiger partial charge in [-0.3, -0.25) is 0 Å². The summed E-state index contributed by atoms with van der Waals surface area (Å²) in [6.07, 6.45) is 4.49. The molecule has 0 saturated heterocycles. The van der Waals surface area contributed by atoms with Crippen molar-refractivity contribution < 1.29 is 14.6 Å². The lowest BCUT2D eigenvalue weighted by Gasteiger charge is -2.39. The fourth-order valence-corrected chi connectivity index (χ4v) is 5.88. The number of aliphatic hydroxyl groups is 1. The summed E-state index contributed by atoms with van der Waals surface area (Å²) in [5, 5.41) is 10.1. The first-order valence-corrected chi connectivity index (χ1v) is 7.61. The van der Waals surface area contributed by atoms with Crippen molar-refractivity contribution in [1.82, 2.24) is 0 Å². The van der Waals surface area contributed by atoms with E-state index >= 15 is 0 Å². The van der Waals surface area contributed by atoms with Crippen molar-refractivity contribution >= 4 is 5.97 Å². The van der Waals surface area contributed by atoms with E-state index in [1.54, 1.807) is 6.92 Å². The molecule has 4 rings (SSSR count). The van der Waals surface area contributed by atoms with Crippen LogP contribution in [0.15, 0.2) is 12.2 Å². The molecular weight excluding hydrogens is 240 g/mol. The molecule has 0 heterocycles. The summed E-state index contributed by atoms with van der Waals surface area (Å²) < 4.78 is 5.65. The summed E-state index contributed by atoms with van der Waals surface area (Å²) in [5.74, 6) is 3.68. The highest BCUT2D eigenvalue weighted by Gasteiger charge is 2.65. The van der Waals surface area contributed by atoms with Gasteiger partial charge in [0.1, 0.15) is 6.10 Å². The summed E-state index contributed by atoms with van der Waals surface area (Å²) in [6.45, 7) is 5.38. The van der Waals surface area contributed by atoms with Crippen molar-refractivity contribution in [3.05, 3.63) is 12.2 Å². The van der Waals surface area contributed by atoms with Crippen LogP contribution >= 0.6 is 0 Å². The van der Waals surface area contributed by atoms with Crippen LogP contribution in [0, 0.1) is 35.5 Å². The molecule has 4 saturated carbocycles. The molecule has 1 N–H and O–H groups in total. The number of ether oxygens (including phenoxy) is 1. The maximum atomic E-state index is 11.7. The Hall–Kier alpha value is -0.830. The zero-order chi connectivity index (χ0) is 13.3. The summed E-state index contributed by atoms with van der Waals surface area (Å²) in [7, 11) is 0. The third-order valence-corrected chi connectivity index (χ3v) is 6.33. The average molecular weight is 262 g/mol. The smallest absolute Gasteiger partial charge is 0.333 e. The maximum absolute atomic E-state index is 11.7. The van der Waals surface area contributed by atoms with E-state index in [-0.39, 0.29) is 18.2 Å². The van der Waals surface area contributed by atoms with Gasteiger partial charge in [-0.05, 0) is 68.1 Å². The summed E-state index contributed by atoms with van der Waals surface area (Å²) in [4.78, 5) is 11.7. The monoisotopic (exact) mass is 262 g/mol. The van der Waals surface area contributed by atoms with E-state index in [0.717, 1.165) is 24.7 Å². The number of rotatable bonds is 2. The second-order valence-corrected chi connectivity index (χ2v) is 7.24. The lowest BCUT2D eigenvalue weighted by molar-refractivity contribution is -0.149. The Bertz CT molecular complexity index is 443. The lowest BCUT2D eigenvalue weighted by Crippen LogP contribution is -2.40. The van der Waals surface area contributed by atoms with Crippen LogP contribution in [0.5, 0.6) is 0 Å². The van der Waals surface area contributed by atoms with Crippen molar-refractivity contribution in [2.45, 2.75) is 44.8 Å². The Balaban J connectivity index is 1.52. The molecule has 4 aliphatic rings. The number of hydrogen-bond acceptors (Lipinski definition) is 3. The molecule has 4 aliphatic carbocycles. The molecule has 0 aliphatic heterocycles. The molecule has 0 aromatic rings. The van der Waals surface area contributed by atoms with Crippen LogP contribution in [-0.2, 0) is 9.53 Å². The topological polar surface area (TPSA) is 46.5 Å². The van der Waals surface area contributed by atoms with Crippen molar-refractivity contribution in [3.8, 4) is 0 Å². The molecule has 4 fully saturated rings. The van der Waals surface area contributed by atoms with Gasteiger partial charge in [-0.15, -0.1) is 0 Å². The van der Waals surface area contributed by atoms with Crippen LogP contribution < -0.4 is 0 Å². The van der Waals surface area contributed by atoms with Gasteiger partial charge in [-0.2, -0.15) is 0 Å². The standard InChI is InChI=1S/C16H22O3/c1-7(2)16(18)19-13-6-9-4-11(13)15-8-3-10(14(9)15)12(17)5-8/h8-15,17H,1,3-6H2,2H3. The SMILES string of the molecule is C=C(C)C(=O)OC1CC2CC1C1C3CC(O)C(C3)C21. The molecule has 3 heteroatoms. The van der Waals surface area contributed by atoms with Crippen molar-refractivity contribution in [2.24, 2.45) is 35.5 Å². The van der Waals surface area contributed by atoms with E-state index in [1.807, 2.05) is 0 Å². The minimum Gasteiger partial charge on any atom is -0.459 e. The molecule has 0 aromatic carbocycles. The van der Waals surface area contributed by atoms with Gasteiger partial charge in [0.05, 0.1) is 6.10 Å². The highest BCUT2D eigenvalue weighted by Crippen LogP contribution is 2.67. The predicted molar refractivity (Wildman–Crippen MR) is 70.1 cm³/mol. The maximum Gasteiger partial charge on any atom is 0.333 e. The zero-order valence-electron chi connectivity index (χ0n) is 11.4. The van der Waals surface area contributed by atoms with Crippen molar-refractivity contribution in [3.63, 3.8) is 0 Å². The fraction of sp³-hybridized carbons (Fsp3) is 0.812. The molecule has 3 nitrogen and oxygen atoms in total. The van der Waals surface area contributed by atoms with E-state index in [9.17, 15) is 9.90 Å². The first-order chi connectivity index (χ1) is 9.06. The van der Waals surface area contributed by atoms with Gasteiger partial charge in [0.15, 0.2) is 0 Å². The minimum absolute atomic E-state index is 0.0537. The van der Waals surface area contributed by atoms with Crippen LogP contribution in [0.2, 0.25) is 0 Å². The Morgan fingerprint density at radius 1 is 1.11 bits per heavy atom. The van der Waals surface area contributed by atoms with E-state index in [4.69, 9.17) is 4.74 Å². The molecule has 4 bridgehead atoms. The number of carbonyl (C=O) groups excluding carboxylic acids is 1. The summed E-state index contributed by atoms with van der Waals surface area (Å²) >= 11 is 0. The predicted octanol–water partition coefficient (Wildman–Crippen LogP) is 2.15. The second kappa shape index (κ2) is 3.85. The summed E-state index contributed by atoms with van der Waals surface area (Å²) in [5.41, 5.74) is 0.502. The largest absolute Gasteiger partial charge is 0.459 e. The molecule has 0 radical (unpaired) electrons.